The van der Waals surface area contributed by atoms with Gasteiger partial charge in [0.15, 0.2) is 0 Å². The topological polar surface area (TPSA) is 28.2 Å². The first-order valence-electron chi connectivity index (χ1n) is 7.25. The van der Waals surface area contributed by atoms with Crippen LogP contribution in [0.25, 0.3) is 0 Å². The minimum absolute atomic E-state index is 0.650. The smallest absolute Gasteiger partial charge is 0.129 e. The molecule has 2 rings (SSSR count). The number of nitrogens with one attached hydrogen (secondary N) is 1. The van der Waals surface area contributed by atoms with Gasteiger partial charge in [0, 0.05) is 31.1 Å². The van der Waals surface area contributed by atoms with E-state index in [4.69, 9.17) is 4.98 Å². The predicted octanol–water partition coefficient (Wildman–Crippen LogP) is 2.70. The normalized spacial score (nSPS) is 18.8. The fraction of sp³-hybridized carbons (Fsp3) is 0.667. The van der Waals surface area contributed by atoms with Crippen molar-refractivity contribution in [3.63, 3.8) is 0 Å². The third-order valence-corrected chi connectivity index (χ3v) is 4.83. The molecular formula is C15H25N3S. The van der Waals surface area contributed by atoms with E-state index >= 15 is 0 Å². The lowest BCUT2D eigenvalue weighted by molar-refractivity contribution is 0.685. The van der Waals surface area contributed by atoms with E-state index in [9.17, 15) is 0 Å². The van der Waals surface area contributed by atoms with E-state index < -0.39 is 0 Å². The number of nitrogens with zero attached hydrogens (tertiary/aromatic N) is 2. The zero-order valence-corrected chi connectivity index (χ0v) is 13.1. The summed E-state index contributed by atoms with van der Waals surface area (Å²) in [7, 11) is 2.19. The van der Waals surface area contributed by atoms with Crippen molar-refractivity contribution in [2.75, 3.05) is 30.0 Å². The van der Waals surface area contributed by atoms with Gasteiger partial charge in [0.1, 0.15) is 5.82 Å². The lowest BCUT2D eigenvalue weighted by atomic mass is 10.1. The summed E-state index contributed by atoms with van der Waals surface area (Å²) in [5, 5.41) is 3.40. The van der Waals surface area contributed by atoms with E-state index in [1.807, 2.05) is 0 Å². The Hall–Kier alpha value is -0.740. The van der Waals surface area contributed by atoms with Crippen LogP contribution in [0.3, 0.4) is 0 Å². The average molecular weight is 279 g/mol. The molecule has 19 heavy (non-hydrogen) atoms. The number of hydrogen-bond acceptors (Lipinski definition) is 4. The first-order valence-corrected chi connectivity index (χ1v) is 8.41. The molecule has 3 nitrogen and oxygen atoms in total. The molecule has 0 spiro atoms. The minimum atomic E-state index is 0.650. The quantitative estimate of drug-likeness (QED) is 0.866. The summed E-state index contributed by atoms with van der Waals surface area (Å²) in [5.74, 6) is 3.66. The Balaban J connectivity index is 2.17. The molecule has 1 aliphatic heterocycles. The first-order chi connectivity index (χ1) is 9.24. The molecule has 0 saturated carbocycles. The van der Waals surface area contributed by atoms with Crippen LogP contribution in [0.2, 0.25) is 0 Å². The lowest BCUT2D eigenvalue weighted by Gasteiger charge is -2.26. The SMILES string of the molecule is CCNCc1cc(CC)nc(N(C)C2CCSC2)c1. The maximum atomic E-state index is 4.79. The van der Waals surface area contributed by atoms with Crippen molar-refractivity contribution in [1.29, 1.82) is 0 Å². The van der Waals surface area contributed by atoms with Gasteiger partial charge in [-0.1, -0.05) is 13.8 Å². The molecular weight excluding hydrogens is 254 g/mol. The molecule has 0 aromatic carbocycles. The van der Waals surface area contributed by atoms with Gasteiger partial charge in [0.25, 0.3) is 0 Å². The van der Waals surface area contributed by atoms with E-state index in [2.05, 4.69) is 55.0 Å². The molecule has 2 heterocycles. The maximum absolute atomic E-state index is 4.79. The Morgan fingerprint density at radius 1 is 1.42 bits per heavy atom. The Morgan fingerprint density at radius 2 is 2.26 bits per heavy atom. The number of aryl methyl sites for hydroxylation is 1. The van der Waals surface area contributed by atoms with Crippen molar-refractivity contribution in [2.24, 2.45) is 0 Å². The number of aromatic nitrogens is 1. The summed E-state index contributed by atoms with van der Waals surface area (Å²) in [6.07, 6.45) is 2.28. The van der Waals surface area contributed by atoms with Gasteiger partial charge in [-0.2, -0.15) is 11.8 Å². The molecule has 1 aromatic heterocycles. The Kier molecular flexibility index (Phi) is 5.52. The summed E-state index contributed by atoms with van der Waals surface area (Å²) in [6, 6.07) is 5.12. The van der Waals surface area contributed by atoms with Crippen molar-refractivity contribution in [3.8, 4) is 0 Å². The zero-order chi connectivity index (χ0) is 13.7. The first kappa shape index (κ1) is 14.7. The summed E-state index contributed by atoms with van der Waals surface area (Å²) in [6.45, 7) is 6.26. The van der Waals surface area contributed by atoms with Crippen molar-refractivity contribution in [1.82, 2.24) is 10.3 Å². The maximum Gasteiger partial charge on any atom is 0.129 e. The number of rotatable bonds is 6. The number of anilines is 1. The van der Waals surface area contributed by atoms with E-state index in [1.54, 1.807) is 0 Å². The highest BCUT2D eigenvalue weighted by Gasteiger charge is 2.21. The van der Waals surface area contributed by atoms with Crippen molar-refractivity contribution in [3.05, 3.63) is 23.4 Å². The molecule has 1 saturated heterocycles. The number of thioether (sulfide) groups is 1. The summed E-state index contributed by atoms with van der Waals surface area (Å²) >= 11 is 2.05. The van der Waals surface area contributed by atoms with E-state index in [1.165, 1.54) is 29.2 Å². The molecule has 0 amide bonds. The molecule has 0 bridgehead atoms. The highest BCUT2D eigenvalue weighted by Crippen LogP contribution is 2.25. The molecule has 106 valence electrons. The molecule has 1 aromatic rings. The highest BCUT2D eigenvalue weighted by atomic mass is 32.2. The predicted molar refractivity (Wildman–Crippen MR) is 85.1 cm³/mol. The molecule has 0 aliphatic carbocycles. The van der Waals surface area contributed by atoms with Gasteiger partial charge in [-0.3, -0.25) is 0 Å². The van der Waals surface area contributed by atoms with Gasteiger partial charge in [0.2, 0.25) is 0 Å². The van der Waals surface area contributed by atoms with E-state index in [-0.39, 0.29) is 0 Å². The van der Waals surface area contributed by atoms with Crippen molar-refractivity contribution >= 4 is 17.6 Å². The third kappa shape index (κ3) is 3.86. The minimum Gasteiger partial charge on any atom is -0.356 e. The largest absolute Gasteiger partial charge is 0.356 e. The zero-order valence-electron chi connectivity index (χ0n) is 12.3. The fourth-order valence-corrected chi connectivity index (χ4v) is 3.65. The van der Waals surface area contributed by atoms with Gasteiger partial charge in [-0.15, -0.1) is 0 Å². The highest BCUT2D eigenvalue weighted by molar-refractivity contribution is 7.99. The molecule has 1 fully saturated rings. The molecule has 1 N–H and O–H groups in total. The number of pyridine rings is 1. The van der Waals surface area contributed by atoms with Crippen LogP contribution >= 0.6 is 11.8 Å². The van der Waals surface area contributed by atoms with Crippen LogP contribution in [-0.2, 0) is 13.0 Å². The van der Waals surface area contributed by atoms with Crippen LogP contribution in [0.4, 0.5) is 5.82 Å². The second-order valence-electron chi connectivity index (χ2n) is 5.09. The van der Waals surface area contributed by atoms with Gasteiger partial charge in [0.05, 0.1) is 0 Å². The molecule has 0 radical (unpaired) electrons. The summed E-state index contributed by atoms with van der Waals surface area (Å²) in [5.41, 5.74) is 2.55. The third-order valence-electron chi connectivity index (χ3n) is 3.68. The van der Waals surface area contributed by atoms with Crippen LogP contribution in [-0.4, -0.2) is 36.1 Å². The summed E-state index contributed by atoms with van der Waals surface area (Å²) in [4.78, 5) is 7.16. The Bertz CT molecular complexity index is 402. The second kappa shape index (κ2) is 7.15. The van der Waals surface area contributed by atoms with Crippen molar-refractivity contribution in [2.45, 2.75) is 39.3 Å². The van der Waals surface area contributed by atoms with Gasteiger partial charge >= 0.3 is 0 Å². The van der Waals surface area contributed by atoms with Crippen molar-refractivity contribution < 1.29 is 0 Å². The summed E-state index contributed by atoms with van der Waals surface area (Å²) < 4.78 is 0. The average Bonchev–Trinajstić information content (AvgIpc) is 2.98. The van der Waals surface area contributed by atoms with Crippen LogP contribution in [0.1, 0.15) is 31.5 Å². The van der Waals surface area contributed by atoms with E-state index in [0.29, 0.717) is 6.04 Å². The van der Waals surface area contributed by atoms with Gasteiger partial charge < -0.3 is 10.2 Å². The molecule has 1 aliphatic rings. The standard InChI is InChI=1S/C15H25N3S/c1-4-13-8-12(10-16-5-2)9-15(17-13)18(3)14-6-7-19-11-14/h8-9,14,16H,4-7,10-11H2,1-3H3. The fourth-order valence-electron chi connectivity index (χ4n) is 2.38. The van der Waals surface area contributed by atoms with E-state index in [0.717, 1.165) is 25.3 Å². The second-order valence-corrected chi connectivity index (χ2v) is 6.24. The van der Waals surface area contributed by atoms with Crippen LogP contribution in [0.5, 0.6) is 0 Å². The Morgan fingerprint density at radius 3 is 2.89 bits per heavy atom. The van der Waals surface area contributed by atoms with Crippen LogP contribution in [0.15, 0.2) is 12.1 Å². The van der Waals surface area contributed by atoms with Gasteiger partial charge in [-0.05, 0) is 42.8 Å². The number of hydrogen-bond donors (Lipinski definition) is 1. The van der Waals surface area contributed by atoms with Crippen LogP contribution in [0, 0.1) is 0 Å². The Labute approximate surface area is 121 Å². The van der Waals surface area contributed by atoms with Crippen LogP contribution < -0.4 is 10.2 Å². The lowest BCUT2D eigenvalue weighted by Crippen LogP contribution is -2.32. The monoisotopic (exact) mass is 279 g/mol. The molecule has 4 heteroatoms. The van der Waals surface area contributed by atoms with Gasteiger partial charge in [-0.25, -0.2) is 4.98 Å². The molecule has 1 unspecified atom stereocenters. The molecule has 1 atom stereocenters.